The van der Waals surface area contributed by atoms with E-state index in [-0.39, 0.29) is 11.7 Å². The average molecular weight is 263 g/mol. The van der Waals surface area contributed by atoms with Crippen molar-refractivity contribution in [3.8, 4) is 0 Å². The number of aromatic nitrogens is 1. The molecule has 20 heavy (non-hydrogen) atoms. The fourth-order valence-corrected chi connectivity index (χ4v) is 3.13. The van der Waals surface area contributed by atoms with Gasteiger partial charge in [-0.3, -0.25) is 14.2 Å². The van der Waals surface area contributed by atoms with E-state index < -0.39 is 0 Å². The first-order chi connectivity index (χ1) is 9.75. The van der Waals surface area contributed by atoms with Gasteiger partial charge in [-0.2, -0.15) is 0 Å². The number of nitrogens with zero attached hydrogens (tertiary/aromatic N) is 1. The SMILES string of the molecule is O=C1C2=C(C=CCC2)CC(=O)n2c1cc1ccccc12. The number of hydrogen-bond donors (Lipinski definition) is 0. The van der Waals surface area contributed by atoms with Gasteiger partial charge in [-0.1, -0.05) is 30.4 Å². The predicted molar refractivity (Wildman–Crippen MR) is 76.9 cm³/mol. The van der Waals surface area contributed by atoms with Crippen LogP contribution in [0, 0.1) is 0 Å². The molecule has 3 nitrogen and oxygen atoms in total. The van der Waals surface area contributed by atoms with E-state index in [0.717, 1.165) is 34.9 Å². The minimum absolute atomic E-state index is 0.00593. The van der Waals surface area contributed by atoms with Crippen molar-refractivity contribution in [3.05, 3.63) is 59.3 Å². The van der Waals surface area contributed by atoms with Crippen LogP contribution in [-0.4, -0.2) is 16.3 Å². The number of Topliss-reactive ketones (excluding diaryl/α,β-unsaturated/α-hetero) is 1. The molecule has 1 aliphatic carbocycles. The van der Waals surface area contributed by atoms with Gasteiger partial charge < -0.3 is 0 Å². The number of para-hydroxylation sites is 1. The van der Waals surface area contributed by atoms with E-state index in [9.17, 15) is 9.59 Å². The molecular weight excluding hydrogens is 250 g/mol. The fourth-order valence-electron chi connectivity index (χ4n) is 3.13. The summed E-state index contributed by atoms with van der Waals surface area (Å²) < 4.78 is 1.59. The van der Waals surface area contributed by atoms with Crippen LogP contribution in [0.2, 0.25) is 0 Å². The third-order valence-electron chi connectivity index (χ3n) is 4.08. The lowest BCUT2D eigenvalue weighted by Gasteiger charge is -2.10. The summed E-state index contributed by atoms with van der Waals surface area (Å²) in [6.07, 6.45) is 5.89. The van der Waals surface area contributed by atoms with Crippen LogP contribution in [0.3, 0.4) is 0 Å². The molecule has 0 amide bonds. The lowest BCUT2D eigenvalue weighted by atomic mass is 9.92. The van der Waals surface area contributed by atoms with Crippen LogP contribution in [0.15, 0.2) is 53.6 Å². The van der Waals surface area contributed by atoms with Gasteiger partial charge in [-0.15, -0.1) is 0 Å². The molecule has 0 saturated heterocycles. The number of rotatable bonds is 0. The predicted octanol–water partition coefficient (Wildman–Crippen LogP) is 3.51. The summed E-state index contributed by atoms with van der Waals surface area (Å²) >= 11 is 0. The van der Waals surface area contributed by atoms with Crippen LogP contribution >= 0.6 is 0 Å². The highest BCUT2D eigenvalue weighted by Crippen LogP contribution is 2.31. The Morgan fingerprint density at radius 2 is 1.95 bits per heavy atom. The van der Waals surface area contributed by atoms with Crippen molar-refractivity contribution in [2.45, 2.75) is 19.3 Å². The van der Waals surface area contributed by atoms with Crippen LogP contribution in [0.4, 0.5) is 0 Å². The molecule has 1 aliphatic heterocycles. The molecule has 0 fully saturated rings. The van der Waals surface area contributed by atoms with Gasteiger partial charge in [-0.05, 0) is 30.5 Å². The molecule has 4 rings (SSSR count). The van der Waals surface area contributed by atoms with E-state index in [1.807, 2.05) is 42.5 Å². The van der Waals surface area contributed by atoms with E-state index in [4.69, 9.17) is 0 Å². The summed E-state index contributed by atoms with van der Waals surface area (Å²) in [6, 6.07) is 9.48. The van der Waals surface area contributed by atoms with Crippen molar-refractivity contribution in [1.82, 2.24) is 4.57 Å². The molecule has 0 saturated carbocycles. The number of benzene rings is 1. The molecule has 2 heterocycles. The van der Waals surface area contributed by atoms with Gasteiger partial charge in [0.2, 0.25) is 11.7 Å². The first kappa shape index (κ1) is 11.4. The van der Waals surface area contributed by atoms with E-state index in [2.05, 4.69) is 0 Å². The van der Waals surface area contributed by atoms with Crippen molar-refractivity contribution < 1.29 is 9.59 Å². The van der Waals surface area contributed by atoms with Crippen LogP contribution in [0.1, 0.15) is 34.5 Å². The molecule has 1 aromatic heterocycles. The van der Waals surface area contributed by atoms with Crippen molar-refractivity contribution in [2.24, 2.45) is 0 Å². The Morgan fingerprint density at radius 1 is 1.10 bits per heavy atom. The summed E-state index contributed by atoms with van der Waals surface area (Å²) in [7, 11) is 0. The summed E-state index contributed by atoms with van der Waals surface area (Å²) in [5, 5.41) is 0.944. The van der Waals surface area contributed by atoms with Gasteiger partial charge in [0.1, 0.15) is 0 Å². The third-order valence-corrected chi connectivity index (χ3v) is 4.08. The Morgan fingerprint density at radius 3 is 2.85 bits per heavy atom. The smallest absolute Gasteiger partial charge is 0.236 e. The topological polar surface area (TPSA) is 39.1 Å². The highest BCUT2D eigenvalue weighted by Gasteiger charge is 2.29. The zero-order valence-electron chi connectivity index (χ0n) is 10.9. The maximum atomic E-state index is 12.7. The minimum Gasteiger partial charge on any atom is -0.287 e. The Balaban J connectivity index is 2.02. The number of carbonyl (C=O) groups excluding carboxylic acids is 2. The Hall–Kier alpha value is -2.42. The van der Waals surface area contributed by atoms with Gasteiger partial charge in [0.05, 0.1) is 17.6 Å². The van der Waals surface area contributed by atoms with E-state index in [0.29, 0.717) is 12.1 Å². The average Bonchev–Trinajstić information content (AvgIpc) is 2.82. The lowest BCUT2D eigenvalue weighted by Crippen LogP contribution is -2.13. The second kappa shape index (κ2) is 4.04. The quantitative estimate of drug-likeness (QED) is 0.729. The van der Waals surface area contributed by atoms with Crippen LogP contribution in [-0.2, 0) is 0 Å². The standard InChI is InChI=1S/C17H13NO2/c19-16-10-11-5-1-3-7-13(11)17(20)15-9-12-6-2-4-8-14(12)18(15)16/h1-2,4-6,8-9H,3,7,10H2. The number of allylic oxidation sites excluding steroid dienone is 4. The minimum atomic E-state index is -0.0221. The zero-order chi connectivity index (χ0) is 13.7. The summed E-state index contributed by atoms with van der Waals surface area (Å²) in [5.74, 6) is -0.0162. The van der Waals surface area contributed by atoms with E-state index in [1.54, 1.807) is 4.57 Å². The molecule has 1 aromatic carbocycles. The summed E-state index contributed by atoms with van der Waals surface area (Å²) in [6.45, 7) is 0. The molecule has 3 heteroatoms. The molecular formula is C17H13NO2. The molecule has 0 N–H and O–H groups in total. The van der Waals surface area contributed by atoms with Crippen molar-refractivity contribution >= 4 is 22.6 Å². The normalized spacial score (nSPS) is 18.2. The van der Waals surface area contributed by atoms with E-state index in [1.165, 1.54) is 0 Å². The number of ketones is 1. The highest BCUT2D eigenvalue weighted by molar-refractivity contribution is 6.15. The van der Waals surface area contributed by atoms with Crippen LogP contribution in [0.25, 0.3) is 10.9 Å². The fraction of sp³-hybridized carbons (Fsp3) is 0.176. The number of carbonyl (C=O) groups is 2. The van der Waals surface area contributed by atoms with Gasteiger partial charge in [0.25, 0.3) is 0 Å². The Labute approximate surface area is 116 Å². The first-order valence-electron chi connectivity index (χ1n) is 6.82. The summed E-state index contributed by atoms with van der Waals surface area (Å²) in [5.41, 5.74) is 3.03. The molecule has 0 unspecified atom stereocenters. The van der Waals surface area contributed by atoms with Crippen LogP contribution < -0.4 is 0 Å². The van der Waals surface area contributed by atoms with Crippen molar-refractivity contribution in [2.75, 3.05) is 0 Å². The van der Waals surface area contributed by atoms with Gasteiger partial charge in [0, 0.05) is 11.0 Å². The second-order valence-corrected chi connectivity index (χ2v) is 5.27. The second-order valence-electron chi connectivity index (χ2n) is 5.27. The largest absolute Gasteiger partial charge is 0.287 e. The summed E-state index contributed by atoms with van der Waals surface area (Å²) in [4.78, 5) is 25.2. The zero-order valence-corrected chi connectivity index (χ0v) is 10.9. The molecule has 98 valence electrons. The maximum absolute atomic E-state index is 12.7. The molecule has 0 spiro atoms. The van der Waals surface area contributed by atoms with Gasteiger partial charge >= 0.3 is 0 Å². The number of hydrogen-bond acceptors (Lipinski definition) is 2. The Kier molecular flexibility index (Phi) is 2.30. The number of fused-ring (bicyclic) bond motifs is 3. The molecule has 0 bridgehead atoms. The first-order valence-corrected chi connectivity index (χ1v) is 6.82. The van der Waals surface area contributed by atoms with Gasteiger partial charge in [0.15, 0.2) is 0 Å². The molecule has 2 aromatic rings. The Bertz CT molecular complexity index is 821. The maximum Gasteiger partial charge on any atom is 0.236 e. The van der Waals surface area contributed by atoms with Crippen LogP contribution in [0.5, 0.6) is 0 Å². The lowest BCUT2D eigenvalue weighted by molar-refractivity contribution is 0.0907. The molecule has 2 aliphatic rings. The van der Waals surface area contributed by atoms with Gasteiger partial charge in [-0.25, -0.2) is 0 Å². The van der Waals surface area contributed by atoms with Crippen molar-refractivity contribution in [3.63, 3.8) is 0 Å². The van der Waals surface area contributed by atoms with E-state index >= 15 is 0 Å². The molecule has 0 atom stereocenters. The third kappa shape index (κ3) is 1.46. The highest BCUT2D eigenvalue weighted by atomic mass is 16.2. The molecule has 0 radical (unpaired) electrons. The monoisotopic (exact) mass is 263 g/mol. The van der Waals surface area contributed by atoms with Crippen molar-refractivity contribution in [1.29, 1.82) is 0 Å².